The maximum absolute atomic E-state index is 11.8. The lowest BCUT2D eigenvalue weighted by atomic mass is 10.2. The van der Waals surface area contributed by atoms with Gasteiger partial charge in [-0.2, -0.15) is 0 Å². The number of hydrogen-bond donors (Lipinski definition) is 1. The van der Waals surface area contributed by atoms with Gasteiger partial charge in [0, 0.05) is 13.1 Å². The van der Waals surface area contributed by atoms with Crippen molar-refractivity contribution in [1.82, 2.24) is 4.90 Å². The highest BCUT2D eigenvalue weighted by atomic mass is 16.6. The van der Waals surface area contributed by atoms with Crippen LogP contribution in [-0.2, 0) is 4.74 Å². The van der Waals surface area contributed by atoms with E-state index in [1.807, 2.05) is 25.7 Å². The first-order valence-corrected chi connectivity index (χ1v) is 6.10. The van der Waals surface area contributed by atoms with E-state index in [0.29, 0.717) is 11.8 Å². The van der Waals surface area contributed by atoms with Crippen molar-refractivity contribution in [2.75, 3.05) is 19.6 Å². The number of nitrogens with zero attached hydrogens (tertiary/aromatic N) is 1. The Bertz CT molecular complexity index is 273. The molecular formula is C12H22N2O2. The molecule has 0 aromatic carbocycles. The van der Waals surface area contributed by atoms with Gasteiger partial charge in [-0.05, 0) is 51.5 Å². The molecule has 0 bridgehead atoms. The summed E-state index contributed by atoms with van der Waals surface area (Å²) >= 11 is 0. The van der Waals surface area contributed by atoms with Crippen LogP contribution in [0.3, 0.4) is 0 Å². The minimum absolute atomic E-state index is 0.161. The summed E-state index contributed by atoms with van der Waals surface area (Å²) in [6.45, 7) is 8.20. The zero-order valence-electron chi connectivity index (χ0n) is 10.4. The lowest BCUT2D eigenvalue weighted by molar-refractivity contribution is 0.0265. The number of hydrogen-bond acceptors (Lipinski definition) is 3. The number of rotatable bonds is 2. The van der Waals surface area contributed by atoms with Gasteiger partial charge >= 0.3 is 6.09 Å². The zero-order chi connectivity index (χ0) is 11.9. The highest BCUT2D eigenvalue weighted by Crippen LogP contribution is 2.53. The summed E-state index contributed by atoms with van der Waals surface area (Å²) in [6.07, 6.45) is 0.948. The number of likely N-dealkylation sites (tertiary alicyclic amines) is 1. The van der Waals surface area contributed by atoms with Crippen LogP contribution in [0.2, 0.25) is 0 Å². The molecule has 92 valence electrons. The van der Waals surface area contributed by atoms with Crippen LogP contribution < -0.4 is 5.73 Å². The van der Waals surface area contributed by atoms with Gasteiger partial charge in [-0.3, -0.25) is 0 Å². The van der Waals surface area contributed by atoms with Crippen LogP contribution >= 0.6 is 0 Å². The Labute approximate surface area is 97.1 Å². The molecule has 0 spiro atoms. The third-order valence-corrected chi connectivity index (χ3v) is 3.52. The molecule has 1 aliphatic carbocycles. The van der Waals surface area contributed by atoms with Gasteiger partial charge < -0.3 is 15.4 Å². The Kier molecular flexibility index (Phi) is 2.86. The van der Waals surface area contributed by atoms with Gasteiger partial charge in [0.1, 0.15) is 5.60 Å². The van der Waals surface area contributed by atoms with E-state index < -0.39 is 0 Å². The Morgan fingerprint density at radius 3 is 2.38 bits per heavy atom. The fourth-order valence-corrected chi connectivity index (χ4v) is 2.75. The first-order valence-electron chi connectivity index (χ1n) is 6.10. The van der Waals surface area contributed by atoms with E-state index in [9.17, 15) is 4.79 Å². The molecule has 2 rings (SSSR count). The number of ether oxygens (including phenoxy) is 1. The van der Waals surface area contributed by atoms with Crippen molar-refractivity contribution in [1.29, 1.82) is 0 Å². The molecule has 1 heterocycles. The van der Waals surface area contributed by atoms with E-state index in [1.165, 1.54) is 0 Å². The monoisotopic (exact) mass is 226 g/mol. The summed E-state index contributed by atoms with van der Waals surface area (Å²) in [5.74, 6) is 2.15. The SMILES string of the molecule is CC(C)(C)OC(=O)N1CC2C(CCN)C2C1. The Morgan fingerprint density at radius 2 is 1.94 bits per heavy atom. The van der Waals surface area contributed by atoms with E-state index in [2.05, 4.69) is 0 Å². The van der Waals surface area contributed by atoms with E-state index in [0.717, 1.165) is 32.0 Å². The van der Waals surface area contributed by atoms with Crippen LogP contribution in [0.25, 0.3) is 0 Å². The van der Waals surface area contributed by atoms with Gasteiger partial charge in [-0.15, -0.1) is 0 Å². The highest BCUT2D eigenvalue weighted by Gasteiger charge is 2.56. The number of carbonyl (C=O) groups is 1. The fraction of sp³-hybridized carbons (Fsp3) is 0.917. The van der Waals surface area contributed by atoms with E-state index in [1.54, 1.807) is 0 Å². The average Bonchev–Trinajstić information content (AvgIpc) is 2.60. The predicted octanol–water partition coefficient (Wildman–Crippen LogP) is 1.45. The molecule has 2 fully saturated rings. The van der Waals surface area contributed by atoms with E-state index in [4.69, 9.17) is 10.5 Å². The summed E-state index contributed by atoms with van der Waals surface area (Å²) in [7, 11) is 0. The second-order valence-electron chi connectivity index (χ2n) is 5.95. The molecule has 0 aromatic rings. The number of nitrogens with two attached hydrogens (primary N) is 1. The van der Waals surface area contributed by atoms with Crippen molar-refractivity contribution < 1.29 is 9.53 Å². The standard InChI is InChI=1S/C12H22N2O2/c1-12(2,3)16-11(15)14-6-9-8(4-5-13)10(9)7-14/h8-10H,4-7,13H2,1-3H3. The molecule has 1 saturated heterocycles. The van der Waals surface area contributed by atoms with Gasteiger partial charge in [0.05, 0.1) is 0 Å². The number of carbonyl (C=O) groups excluding carboxylic acids is 1. The van der Waals surface area contributed by atoms with Crippen molar-refractivity contribution in [2.24, 2.45) is 23.5 Å². The second kappa shape index (κ2) is 3.91. The average molecular weight is 226 g/mol. The Hall–Kier alpha value is -0.770. The summed E-state index contributed by atoms with van der Waals surface area (Å²) in [5.41, 5.74) is 5.16. The maximum Gasteiger partial charge on any atom is 0.410 e. The molecule has 2 unspecified atom stereocenters. The van der Waals surface area contributed by atoms with Crippen LogP contribution in [0, 0.1) is 17.8 Å². The smallest absolute Gasteiger partial charge is 0.410 e. The lowest BCUT2D eigenvalue weighted by Gasteiger charge is -2.25. The van der Waals surface area contributed by atoms with Crippen molar-refractivity contribution in [3.8, 4) is 0 Å². The minimum Gasteiger partial charge on any atom is -0.444 e. The van der Waals surface area contributed by atoms with Gasteiger partial charge in [-0.25, -0.2) is 4.79 Å². The third-order valence-electron chi connectivity index (χ3n) is 3.52. The van der Waals surface area contributed by atoms with Crippen LogP contribution in [-0.4, -0.2) is 36.2 Å². The topological polar surface area (TPSA) is 55.6 Å². The van der Waals surface area contributed by atoms with Crippen molar-refractivity contribution in [3.63, 3.8) is 0 Å². The third kappa shape index (κ3) is 2.32. The predicted molar refractivity (Wildman–Crippen MR) is 61.9 cm³/mol. The number of fused-ring (bicyclic) bond motifs is 1. The molecule has 4 nitrogen and oxygen atoms in total. The normalized spacial score (nSPS) is 32.5. The maximum atomic E-state index is 11.8. The van der Waals surface area contributed by atoms with Gasteiger partial charge in [0.2, 0.25) is 0 Å². The second-order valence-corrected chi connectivity index (χ2v) is 5.95. The van der Waals surface area contributed by atoms with Gasteiger partial charge in [0.15, 0.2) is 0 Å². The van der Waals surface area contributed by atoms with E-state index in [-0.39, 0.29) is 11.7 Å². The first kappa shape index (κ1) is 11.7. The molecule has 2 aliphatic rings. The minimum atomic E-state index is -0.388. The summed E-state index contributed by atoms with van der Waals surface area (Å²) < 4.78 is 5.35. The molecule has 2 N–H and O–H groups in total. The molecule has 0 aromatic heterocycles. The molecule has 0 radical (unpaired) electrons. The van der Waals surface area contributed by atoms with Crippen LogP contribution in [0.15, 0.2) is 0 Å². The van der Waals surface area contributed by atoms with Gasteiger partial charge in [0.25, 0.3) is 0 Å². The molecule has 2 atom stereocenters. The first-order chi connectivity index (χ1) is 7.42. The van der Waals surface area contributed by atoms with Crippen molar-refractivity contribution in [3.05, 3.63) is 0 Å². The molecule has 1 amide bonds. The van der Waals surface area contributed by atoms with Gasteiger partial charge in [-0.1, -0.05) is 0 Å². The molecule has 1 aliphatic heterocycles. The largest absolute Gasteiger partial charge is 0.444 e. The fourth-order valence-electron chi connectivity index (χ4n) is 2.75. The highest BCUT2D eigenvalue weighted by molar-refractivity contribution is 5.68. The molecule has 1 saturated carbocycles. The molecule has 16 heavy (non-hydrogen) atoms. The Morgan fingerprint density at radius 1 is 1.38 bits per heavy atom. The van der Waals surface area contributed by atoms with Crippen molar-refractivity contribution in [2.45, 2.75) is 32.8 Å². The van der Waals surface area contributed by atoms with Crippen LogP contribution in [0.5, 0.6) is 0 Å². The number of amides is 1. The summed E-state index contributed by atoms with van der Waals surface area (Å²) in [5, 5.41) is 0. The zero-order valence-corrected chi connectivity index (χ0v) is 10.4. The summed E-state index contributed by atoms with van der Waals surface area (Å²) in [6, 6.07) is 0. The van der Waals surface area contributed by atoms with Crippen LogP contribution in [0.4, 0.5) is 4.79 Å². The van der Waals surface area contributed by atoms with Crippen LogP contribution in [0.1, 0.15) is 27.2 Å². The molecular weight excluding hydrogens is 204 g/mol. The quantitative estimate of drug-likeness (QED) is 0.775. The van der Waals surface area contributed by atoms with Crippen molar-refractivity contribution >= 4 is 6.09 Å². The van der Waals surface area contributed by atoms with E-state index >= 15 is 0 Å². The Balaban J connectivity index is 1.78. The summed E-state index contributed by atoms with van der Waals surface area (Å²) in [4.78, 5) is 13.6. The molecule has 4 heteroatoms. The lowest BCUT2D eigenvalue weighted by Crippen LogP contribution is -2.37. The number of piperidine rings is 1.